The van der Waals surface area contributed by atoms with E-state index in [0.717, 1.165) is 22.7 Å². The van der Waals surface area contributed by atoms with Gasteiger partial charge in [0.05, 0.1) is 19.0 Å². The fraction of sp³-hybridized carbons (Fsp3) is 0.143. The van der Waals surface area contributed by atoms with Crippen LogP contribution in [0.3, 0.4) is 0 Å². The SMILES string of the molecule is COc1ccc(OCC(=O)N/N=C/c2cccn2-c2ccc(C)c(Cl)c2)cc1. The first kappa shape index (κ1) is 19.5. The third-order valence-corrected chi connectivity index (χ3v) is 4.44. The molecule has 0 spiro atoms. The molecule has 6 nitrogen and oxygen atoms in total. The van der Waals surface area contributed by atoms with Gasteiger partial charge in [-0.2, -0.15) is 5.10 Å². The summed E-state index contributed by atoms with van der Waals surface area (Å²) in [5.74, 6) is 0.938. The van der Waals surface area contributed by atoms with E-state index in [9.17, 15) is 4.79 Å². The minimum Gasteiger partial charge on any atom is -0.497 e. The Labute approximate surface area is 168 Å². The number of aromatic nitrogens is 1. The van der Waals surface area contributed by atoms with Crippen molar-refractivity contribution in [3.05, 3.63) is 77.1 Å². The fourth-order valence-electron chi connectivity index (χ4n) is 2.49. The number of ether oxygens (including phenoxy) is 2. The second-order valence-electron chi connectivity index (χ2n) is 5.99. The number of halogens is 1. The minimum absolute atomic E-state index is 0.141. The molecule has 1 N–H and O–H groups in total. The predicted octanol–water partition coefficient (Wildman–Crippen LogP) is 3.98. The maximum absolute atomic E-state index is 11.9. The van der Waals surface area contributed by atoms with E-state index in [4.69, 9.17) is 21.1 Å². The summed E-state index contributed by atoms with van der Waals surface area (Å²) in [5.41, 5.74) is 5.18. The summed E-state index contributed by atoms with van der Waals surface area (Å²) in [6.45, 7) is 1.81. The zero-order valence-electron chi connectivity index (χ0n) is 15.6. The summed E-state index contributed by atoms with van der Waals surface area (Å²) in [6.07, 6.45) is 3.47. The lowest BCUT2D eigenvalue weighted by atomic mass is 10.2. The van der Waals surface area contributed by atoms with Crippen LogP contribution in [0, 0.1) is 6.92 Å². The molecule has 28 heavy (non-hydrogen) atoms. The Morgan fingerprint density at radius 2 is 1.93 bits per heavy atom. The highest BCUT2D eigenvalue weighted by molar-refractivity contribution is 6.31. The van der Waals surface area contributed by atoms with Crippen molar-refractivity contribution in [2.45, 2.75) is 6.92 Å². The average molecular weight is 398 g/mol. The van der Waals surface area contributed by atoms with Gasteiger partial charge in [0.15, 0.2) is 6.61 Å². The molecule has 0 saturated carbocycles. The lowest BCUT2D eigenvalue weighted by molar-refractivity contribution is -0.123. The maximum atomic E-state index is 11.9. The molecule has 0 bridgehead atoms. The van der Waals surface area contributed by atoms with Crippen LogP contribution in [0.5, 0.6) is 11.5 Å². The molecule has 1 heterocycles. The van der Waals surface area contributed by atoms with Gasteiger partial charge in [-0.3, -0.25) is 4.79 Å². The summed E-state index contributed by atoms with van der Waals surface area (Å²) in [6, 6.07) is 16.6. The Hall–Kier alpha value is -3.25. The van der Waals surface area contributed by atoms with E-state index in [0.29, 0.717) is 10.8 Å². The second kappa shape index (κ2) is 9.10. The van der Waals surface area contributed by atoms with Crippen molar-refractivity contribution in [3.63, 3.8) is 0 Å². The van der Waals surface area contributed by atoms with E-state index in [1.54, 1.807) is 37.6 Å². The van der Waals surface area contributed by atoms with Gasteiger partial charge < -0.3 is 14.0 Å². The van der Waals surface area contributed by atoms with Gasteiger partial charge in [0, 0.05) is 16.9 Å². The van der Waals surface area contributed by atoms with E-state index in [1.807, 2.05) is 48.0 Å². The molecule has 2 aromatic carbocycles. The van der Waals surface area contributed by atoms with E-state index in [-0.39, 0.29) is 12.5 Å². The van der Waals surface area contributed by atoms with Gasteiger partial charge >= 0.3 is 0 Å². The molecular formula is C21H20ClN3O3. The smallest absolute Gasteiger partial charge is 0.277 e. The molecule has 0 saturated heterocycles. The molecule has 0 aliphatic carbocycles. The number of nitrogens with one attached hydrogen (secondary N) is 1. The number of rotatable bonds is 7. The first-order valence-corrected chi connectivity index (χ1v) is 8.97. The third-order valence-electron chi connectivity index (χ3n) is 4.03. The Kier molecular flexibility index (Phi) is 6.34. The van der Waals surface area contributed by atoms with Crippen LogP contribution in [0.25, 0.3) is 5.69 Å². The molecular weight excluding hydrogens is 378 g/mol. The molecule has 0 aliphatic rings. The number of hydrogen-bond acceptors (Lipinski definition) is 4. The van der Waals surface area contributed by atoms with Crippen LogP contribution in [-0.4, -0.2) is 30.4 Å². The summed E-state index contributed by atoms with van der Waals surface area (Å²) in [7, 11) is 1.59. The number of hydrazone groups is 1. The monoisotopic (exact) mass is 397 g/mol. The highest BCUT2D eigenvalue weighted by Crippen LogP contribution is 2.20. The predicted molar refractivity (Wildman–Crippen MR) is 110 cm³/mol. The van der Waals surface area contributed by atoms with Crippen molar-refractivity contribution in [1.29, 1.82) is 0 Å². The van der Waals surface area contributed by atoms with Crippen molar-refractivity contribution >= 4 is 23.7 Å². The van der Waals surface area contributed by atoms with Gasteiger partial charge in [0.2, 0.25) is 0 Å². The molecule has 7 heteroatoms. The number of hydrogen-bond donors (Lipinski definition) is 1. The molecule has 0 fully saturated rings. The summed E-state index contributed by atoms with van der Waals surface area (Å²) in [4.78, 5) is 11.9. The molecule has 3 rings (SSSR count). The number of methoxy groups -OCH3 is 1. The van der Waals surface area contributed by atoms with E-state index >= 15 is 0 Å². The van der Waals surface area contributed by atoms with Crippen LogP contribution >= 0.6 is 11.6 Å². The number of aryl methyl sites for hydroxylation is 1. The quantitative estimate of drug-likeness (QED) is 0.484. The normalized spacial score (nSPS) is 10.8. The van der Waals surface area contributed by atoms with Crippen LogP contribution in [0.4, 0.5) is 0 Å². The van der Waals surface area contributed by atoms with Gasteiger partial charge in [-0.1, -0.05) is 17.7 Å². The van der Waals surface area contributed by atoms with Crippen molar-refractivity contribution < 1.29 is 14.3 Å². The number of nitrogens with zero attached hydrogens (tertiary/aromatic N) is 2. The Morgan fingerprint density at radius 3 is 2.64 bits per heavy atom. The lowest BCUT2D eigenvalue weighted by Crippen LogP contribution is -2.24. The van der Waals surface area contributed by atoms with Crippen molar-refractivity contribution in [2.24, 2.45) is 5.10 Å². The topological polar surface area (TPSA) is 64.8 Å². The molecule has 0 unspecified atom stereocenters. The van der Waals surface area contributed by atoms with Gasteiger partial charge in [0.25, 0.3) is 5.91 Å². The molecule has 0 atom stereocenters. The number of benzene rings is 2. The molecule has 1 amide bonds. The molecule has 144 valence electrons. The first-order chi connectivity index (χ1) is 13.6. The van der Waals surface area contributed by atoms with Crippen molar-refractivity contribution in [3.8, 4) is 17.2 Å². The zero-order chi connectivity index (χ0) is 19.9. The van der Waals surface area contributed by atoms with Gasteiger partial charge in [-0.15, -0.1) is 0 Å². The van der Waals surface area contributed by atoms with E-state index in [1.165, 1.54) is 0 Å². The van der Waals surface area contributed by atoms with E-state index < -0.39 is 0 Å². The van der Waals surface area contributed by atoms with Gasteiger partial charge in [-0.05, 0) is 61.0 Å². The second-order valence-corrected chi connectivity index (χ2v) is 6.40. The third kappa shape index (κ3) is 4.92. The Bertz CT molecular complexity index is 981. The molecule has 0 radical (unpaired) electrons. The van der Waals surface area contributed by atoms with Crippen molar-refractivity contribution in [2.75, 3.05) is 13.7 Å². The lowest BCUT2D eigenvalue weighted by Gasteiger charge is -2.08. The molecule has 0 aliphatic heterocycles. The van der Waals surface area contributed by atoms with Gasteiger partial charge in [0.1, 0.15) is 11.5 Å². The van der Waals surface area contributed by atoms with Crippen LogP contribution in [-0.2, 0) is 4.79 Å². The minimum atomic E-state index is -0.358. The van der Waals surface area contributed by atoms with E-state index in [2.05, 4.69) is 10.5 Å². The van der Waals surface area contributed by atoms with Crippen LogP contribution in [0.15, 0.2) is 65.9 Å². The maximum Gasteiger partial charge on any atom is 0.277 e. The summed E-state index contributed by atoms with van der Waals surface area (Å²) in [5, 5.41) is 4.69. The Morgan fingerprint density at radius 1 is 1.18 bits per heavy atom. The number of amides is 1. The largest absolute Gasteiger partial charge is 0.497 e. The standard InChI is InChI=1S/C21H20ClN3O3/c1-15-5-6-16(12-20(15)22)25-11-3-4-17(25)13-23-24-21(26)14-28-19-9-7-18(27-2)8-10-19/h3-13H,14H2,1-2H3,(H,24,26)/b23-13+. The zero-order valence-corrected chi connectivity index (χ0v) is 16.3. The highest BCUT2D eigenvalue weighted by atomic mass is 35.5. The summed E-state index contributed by atoms with van der Waals surface area (Å²) < 4.78 is 12.4. The molecule has 1 aromatic heterocycles. The first-order valence-electron chi connectivity index (χ1n) is 8.59. The number of carbonyl (C=O) groups excluding carboxylic acids is 1. The highest BCUT2D eigenvalue weighted by Gasteiger charge is 2.05. The van der Waals surface area contributed by atoms with Crippen LogP contribution in [0.2, 0.25) is 5.02 Å². The fourth-order valence-corrected chi connectivity index (χ4v) is 2.66. The van der Waals surface area contributed by atoms with Crippen LogP contribution in [0.1, 0.15) is 11.3 Å². The summed E-state index contributed by atoms with van der Waals surface area (Å²) >= 11 is 6.21. The van der Waals surface area contributed by atoms with Crippen molar-refractivity contribution in [1.82, 2.24) is 9.99 Å². The number of carbonyl (C=O) groups is 1. The van der Waals surface area contributed by atoms with Crippen LogP contribution < -0.4 is 14.9 Å². The van der Waals surface area contributed by atoms with Gasteiger partial charge in [-0.25, -0.2) is 5.43 Å². The Balaban J connectivity index is 1.56. The molecule has 3 aromatic rings. The average Bonchev–Trinajstić information content (AvgIpc) is 3.17.